The van der Waals surface area contributed by atoms with Gasteiger partial charge in [0.25, 0.3) is 5.89 Å². The maximum absolute atomic E-state index is 5.47. The van der Waals surface area contributed by atoms with Gasteiger partial charge in [-0.1, -0.05) is 11.2 Å². The van der Waals surface area contributed by atoms with Crippen LogP contribution in [0.15, 0.2) is 22.7 Å². The van der Waals surface area contributed by atoms with Crippen molar-refractivity contribution in [3.8, 4) is 11.5 Å². The fourth-order valence-electron chi connectivity index (χ4n) is 2.44. The maximum atomic E-state index is 5.47. The molecular formula is C14H17N3O. The first kappa shape index (κ1) is 11.4. The summed E-state index contributed by atoms with van der Waals surface area (Å²) in [6.45, 7) is 0.655. The largest absolute Gasteiger partial charge is 0.334 e. The summed E-state index contributed by atoms with van der Waals surface area (Å²) < 4.78 is 5.31. The molecule has 1 aromatic heterocycles. The van der Waals surface area contributed by atoms with Crippen molar-refractivity contribution in [3.63, 3.8) is 0 Å². The molecule has 0 atom stereocenters. The highest BCUT2D eigenvalue weighted by Crippen LogP contribution is 2.27. The number of hydrogen-bond acceptors (Lipinski definition) is 4. The highest BCUT2D eigenvalue weighted by molar-refractivity contribution is 5.56. The molecule has 0 fully saturated rings. The van der Waals surface area contributed by atoms with E-state index in [0.29, 0.717) is 12.4 Å². The van der Waals surface area contributed by atoms with Gasteiger partial charge >= 0.3 is 0 Å². The number of fused-ring (bicyclic) bond motifs is 1. The van der Waals surface area contributed by atoms with Gasteiger partial charge in [-0.3, -0.25) is 0 Å². The van der Waals surface area contributed by atoms with Crippen LogP contribution >= 0.6 is 0 Å². The Labute approximate surface area is 106 Å². The molecule has 0 spiro atoms. The van der Waals surface area contributed by atoms with Gasteiger partial charge in [0.05, 0.1) is 0 Å². The minimum atomic E-state index is 0.622. The van der Waals surface area contributed by atoms with Crippen molar-refractivity contribution in [2.24, 2.45) is 5.73 Å². The van der Waals surface area contributed by atoms with E-state index in [0.717, 1.165) is 30.7 Å². The van der Waals surface area contributed by atoms with E-state index in [1.807, 2.05) is 0 Å². The van der Waals surface area contributed by atoms with E-state index in [1.165, 1.54) is 24.0 Å². The molecule has 1 aliphatic carbocycles. The van der Waals surface area contributed by atoms with Gasteiger partial charge < -0.3 is 10.3 Å². The second-order valence-electron chi connectivity index (χ2n) is 4.75. The molecule has 0 bridgehead atoms. The Morgan fingerprint density at radius 1 is 1.22 bits per heavy atom. The SMILES string of the molecule is NCCCc1noc(-c2ccc3c(c2)CCC3)n1. The summed E-state index contributed by atoms with van der Waals surface area (Å²) in [5.41, 5.74) is 9.38. The monoisotopic (exact) mass is 243 g/mol. The van der Waals surface area contributed by atoms with Gasteiger partial charge in [0.1, 0.15) is 0 Å². The molecule has 0 saturated carbocycles. The smallest absolute Gasteiger partial charge is 0.257 e. The van der Waals surface area contributed by atoms with Crippen LogP contribution in [0.1, 0.15) is 29.8 Å². The van der Waals surface area contributed by atoms with Crippen molar-refractivity contribution >= 4 is 0 Å². The zero-order valence-corrected chi connectivity index (χ0v) is 10.4. The zero-order chi connectivity index (χ0) is 12.4. The van der Waals surface area contributed by atoms with Gasteiger partial charge in [0, 0.05) is 12.0 Å². The number of hydrogen-bond donors (Lipinski definition) is 1. The standard InChI is InChI=1S/C14H17N3O/c15-8-2-5-13-16-14(18-17-13)12-7-6-10-3-1-4-11(10)9-12/h6-7,9H,1-5,8,15H2. The molecule has 4 nitrogen and oxygen atoms in total. The van der Waals surface area contributed by atoms with Crippen LogP contribution in [0.25, 0.3) is 11.5 Å². The number of nitrogens with zero attached hydrogens (tertiary/aromatic N) is 2. The third kappa shape index (κ3) is 2.16. The summed E-state index contributed by atoms with van der Waals surface area (Å²) in [6.07, 6.45) is 5.29. The summed E-state index contributed by atoms with van der Waals surface area (Å²) in [4.78, 5) is 4.41. The van der Waals surface area contributed by atoms with E-state index in [-0.39, 0.29) is 0 Å². The van der Waals surface area contributed by atoms with Gasteiger partial charge in [-0.2, -0.15) is 4.98 Å². The lowest BCUT2D eigenvalue weighted by molar-refractivity contribution is 0.422. The highest BCUT2D eigenvalue weighted by Gasteiger charge is 2.14. The van der Waals surface area contributed by atoms with Crippen molar-refractivity contribution in [1.29, 1.82) is 0 Å². The summed E-state index contributed by atoms with van der Waals surface area (Å²) >= 11 is 0. The van der Waals surface area contributed by atoms with Crippen LogP contribution in [0.2, 0.25) is 0 Å². The molecule has 3 rings (SSSR count). The first-order valence-electron chi connectivity index (χ1n) is 6.51. The van der Waals surface area contributed by atoms with Gasteiger partial charge in [0.2, 0.25) is 0 Å². The fraction of sp³-hybridized carbons (Fsp3) is 0.429. The van der Waals surface area contributed by atoms with Crippen LogP contribution in [0, 0.1) is 0 Å². The molecule has 0 radical (unpaired) electrons. The minimum absolute atomic E-state index is 0.622. The van der Waals surface area contributed by atoms with Gasteiger partial charge in [-0.25, -0.2) is 0 Å². The van der Waals surface area contributed by atoms with E-state index in [2.05, 4.69) is 28.3 Å². The lowest BCUT2D eigenvalue weighted by atomic mass is 10.1. The summed E-state index contributed by atoms with van der Waals surface area (Å²) in [5.74, 6) is 1.37. The van der Waals surface area contributed by atoms with Crippen LogP contribution in [0.3, 0.4) is 0 Å². The Balaban J connectivity index is 1.83. The number of aromatic nitrogens is 2. The Kier molecular flexibility index (Phi) is 3.11. The Hall–Kier alpha value is -1.68. The van der Waals surface area contributed by atoms with Crippen molar-refractivity contribution in [3.05, 3.63) is 35.2 Å². The third-order valence-electron chi connectivity index (χ3n) is 3.42. The van der Waals surface area contributed by atoms with Crippen molar-refractivity contribution in [2.75, 3.05) is 6.54 Å². The molecule has 0 unspecified atom stereocenters. The van der Waals surface area contributed by atoms with E-state index >= 15 is 0 Å². The average Bonchev–Trinajstić information content (AvgIpc) is 3.04. The molecular weight excluding hydrogens is 226 g/mol. The Bertz CT molecular complexity index is 548. The summed E-state index contributed by atoms with van der Waals surface area (Å²) in [7, 11) is 0. The second kappa shape index (κ2) is 4.90. The van der Waals surface area contributed by atoms with Gasteiger partial charge in [-0.05, 0) is 55.5 Å². The number of rotatable bonds is 4. The molecule has 0 saturated heterocycles. The normalized spacial score (nSPS) is 13.8. The van der Waals surface area contributed by atoms with Crippen LogP contribution < -0.4 is 5.73 Å². The fourth-order valence-corrected chi connectivity index (χ4v) is 2.44. The number of nitrogens with two attached hydrogens (primary N) is 1. The third-order valence-corrected chi connectivity index (χ3v) is 3.42. The van der Waals surface area contributed by atoms with Crippen LogP contribution in [-0.4, -0.2) is 16.7 Å². The second-order valence-corrected chi connectivity index (χ2v) is 4.75. The lowest BCUT2D eigenvalue weighted by Gasteiger charge is -2.00. The molecule has 4 heteroatoms. The average molecular weight is 243 g/mol. The van der Waals surface area contributed by atoms with Gasteiger partial charge in [0.15, 0.2) is 5.82 Å². The van der Waals surface area contributed by atoms with E-state index < -0.39 is 0 Å². The quantitative estimate of drug-likeness (QED) is 0.893. The molecule has 2 aromatic rings. The predicted molar refractivity (Wildman–Crippen MR) is 69.1 cm³/mol. The maximum Gasteiger partial charge on any atom is 0.257 e. The van der Waals surface area contributed by atoms with E-state index in [1.54, 1.807) is 0 Å². The summed E-state index contributed by atoms with van der Waals surface area (Å²) in [6, 6.07) is 6.44. The first-order chi connectivity index (χ1) is 8.86. The molecule has 94 valence electrons. The Morgan fingerprint density at radius 3 is 3.00 bits per heavy atom. The zero-order valence-electron chi connectivity index (χ0n) is 10.4. The molecule has 1 heterocycles. The molecule has 0 aliphatic heterocycles. The first-order valence-corrected chi connectivity index (χ1v) is 6.51. The number of benzene rings is 1. The topological polar surface area (TPSA) is 64.9 Å². The minimum Gasteiger partial charge on any atom is -0.334 e. The van der Waals surface area contributed by atoms with Crippen molar-refractivity contribution < 1.29 is 4.52 Å². The van der Waals surface area contributed by atoms with Gasteiger partial charge in [-0.15, -0.1) is 0 Å². The molecule has 18 heavy (non-hydrogen) atoms. The van der Waals surface area contributed by atoms with Crippen LogP contribution in [0.4, 0.5) is 0 Å². The van der Waals surface area contributed by atoms with Crippen LogP contribution in [0.5, 0.6) is 0 Å². The van der Waals surface area contributed by atoms with Crippen molar-refractivity contribution in [1.82, 2.24) is 10.1 Å². The Morgan fingerprint density at radius 2 is 2.11 bits per heavy atom. The summed E-state index contributed by atoms with van der Waals surface area (Å²) in [5, 5.41) is 3.98. The van der Waals surface area contributed by atoms with E-state index in [4.69, 9.17) is 10.3 Å². The molecule has 0 amide bonds. The lowest BCUT2D eigenvalue weighted by Crippen LogP contribution is -2.01. The van der Waals surface area contributed by atoms with E-state index in [9.17, 15) is 0 Å². The van der Waals surface area contributed by atoms with Crippen LogP contribution in [-0.2, 0) is 19.3 Å². The predicted octanol–water partition coefficient (Wildman–Crippen LogP) is 2.12. The highest BCUT2D eigenvalue weighted by atomic mass is 16.5. The molecule has 1 aliphatic rings. The van der Waals surface area contributed by atoms with Crippen molar-refractivity contribution in [2.45, 2.75) is 32.1 Å². The number of aryl methyl sites for hydroxylation is 3. The molecule has 2 N–H and O–H groups in total. The molecule has 1 aromatic carbocycles.